The maximum atomic E-state index is 5.42. The summed E-state index contributed by atoms with van der Waals surface area (Å²) < 4.78 is 15.8. The lowest BCUT2D eigenvalue weighted by Crippen LogP contribution is -2.16. The van der Waals surface area contributed by atoms with Gasteiger partial charge in [-0.05, 0) is 49.6 Å². The van der Waals surface area contributed by atoms with Crippen molar-refractivity contribution in [3.05, 3.63) is 48.0 Å². The van der Waals surface area contributed by atoms with E-state index in [1.165, 1.54) is 5.56 Å². The predicted molar refractivity (Wildman–Crippen MR) is 93.9 cm³/mol. The lowest BCUT2D eigenvalue weighted by molar-refractivity contribution is 0.395. The van der Waals surface area contributed by atoms with Gasteiger partial charge in [-0.25, -0.2) is 0 Å². The van der Waals surface area contributed by atoms with Crippen LogP contribution in [0.15, 0.2) is 42.5 Å². The van der Waals surface area contributed by atoms with Gasteiger partial charge in [0.2, 0.25) is 0 Å². The first kappa shape index (κ1) is 17.0. The molecule has 0 radical (unpaired) electrons. The molecule has 2 rings (SSSR count). The molecule has 0 aromatic heterocycles. The number of methoxy groups -OCH3 is 3. The fourth-order valence-electron chi connectivity index (χ4n) is 2.43. The minimum Gasteiger partial charge on any atom is -0.497 e. The number of anilines is 1. The number of hydrogen-bond acceptors (Lipinski definition) is 4. The Kier molecular flexibility index (Phi) is 6.15. The average Bonchev–Trinajstić information content (AvgIpc) is 2.60. The maximum absolute atomic E-state index is 5.42. The summed E-state index contributed by atoms with van der Waals surface area (Å²) in [6.07, 6.45) is 2.04. The molecule has 0 saturated heterocycles. The molecular formula is C19H25NO3. The van der Waals surface area contributed by atoms with Gasteiger partial charge in [0.05, 0.1) is 27.0 Å². The van der Waals surface area contributed by atoms with Crippen molar-refractivity contribution in [1.82, 2.24) is 0 Å². The summed E-state index contributed by atoms with van der Waals surface area (Å²) in [4.78, 5) is 0. The first-order valence-corrected chi connectivity index (χ1v) is 7.77. The lowest BCUT2D eigenvalue weighted by atomic mass is 10.1. The number of ether oxygens (including phenoxy) is 3. The standard InChI is InChI=1S/C19H25NO3/c1-14(5-6-15-7-9-16(21-2)10-8-15)20-18-12-11-17(22-3)13-19(18)23-4/h7-14,20H,5-6H2,1-4H3/t14-/m1/s1. The topological polar surface area (TPSA) is 39.7 Å². The van der Waals surface area contributed by atoms with E-state index >= 15 is 0 Å². The zero-order valence-corrected chi connectivity index (χ0v) is 14.3. The van der Waals surface area contributed by atoms with Gasteiger partial charge in [0, 0.05) is 12.1 Å². The Bertz CT molecular complexity index is 611. The molecule has 124 valence electrons. The first-order chi connectivity index (χ1) is 11.2. The minimum absolute atomic E-state index is 0.333. The van der Waals surface area contributed by atoms with E-state index in [0.717, 1.165) is 35.8 Å². The number of aryl methyl sites for hydroxylation is 1. The predicted octanol–water partition coefficient (Wildman–Crippen LogP) is 4.15. The van der Waals surface area contributed by atoms with E-state index in [4.69, 9.17) is 14.2 Å². The summed E-state index contributed by atoms with van der Waals surface area (Å²) in [5, 5.41) is 3.50. The highest BCUT2D eigenvalue weighted by atomic mass is 16.5. The Morgan fingerprint density at radius 2 is 1.52 bits per heavy atom. The molecule has 2 aromatic rings. The highest BCUT2D eigenvalue weighted by molar-refractivity contribution is 5.59. The Hall–Kier alpha value is -2.36. The zero-order valence-electron chi connectivity index (χ0n) is 14.3. The van der Waals surface area contributed by atoms with Crippen LogP contribution in [0.3, 0.4) is 0 Å². The summed E-state index contributed by atoms with van der Waals surface area (Å²) >= 11 is 0. The van der Waals surface area contributed by atoms with Crippen molar-refractivity contribution in [1.29, 1.82) is 0 Å². The summed E-state index contributed by atoms with van der Waals surface area (Å²) in [7, 11) is 5.00. The molecule has 4 heteroatoms. The van der Waals surface area contributed by atoms with Crippen molar-refractivity contribution in [2.75, 3.05) is 26.6 Å². The zero-order chi connectivity index (χ0) is 16.7. The van der Waals surface area contributed by atoms with Crippen molar-refractivity contribution >= 4 is 5.69 Å². The van der Waals surface area contributed by atoms with Gasteiger partial charge in [-0.2, -0.15) is 0 Å². The van der Waals surface area contributed by atoms with Crippen LogP contribution in [0.4, 0.5) is 5.69 Å². The van der Waals surface area contributed by atoms with Crippen molar-refractivity contribution in [3.63, 3.8) is 0 Å². The molecule has 23 heavy (non-hydrogen) atoms. The molecule has 4 nitrogen and oxygen atoms in total. The van der Waals surface area contributed by atoms with Gasteiger partial charge in [-0.3, -0.25) is 0 Å². The van der Waals surface area contributed by atoms with Gasteiger partial charge >= 0.3 is 0 Å². The molecular weight excluding hydrogens is 290 g/mol. The van der Waals surface area contributed by atoms with Gasteiger partial charge in [0.15, 0.2) is 0 Å². The van der Waals surface area contributed by atoms with Crippen LogP contribution in [0.5, 0.6) is 17.2 Å². The normalized spacial score (nSPS) is 11.7. The monoisotopic (exact) mass is 315 g/mol. The molecule has 1 N–H and O–H groups in total. The van der Waals surface area contributed by atoms with Crippen LogP contribution in [-0.4, -0.2) is 27.4 Å². The minimum atomic E-state index is 0.333. The summed E-state index contributed by atoms with van der Waals surface area (Å²) in [6.45, 7) is 2.17. The molecule has 0 amide bonds. The van der Waals surface area contributed by atoms with Crippen LogP contribution >= 0.6 is 0 Å². The second-order valence-electron chi connectivity index (χ2n) is 5.50. The van der Waals surface area contributed by atoms with Crippen molar-refractivity contribution in [3.8, 4) is 17.2 Å². The van der Waals surface area contributed by atoms with Crippen LogP contribution in [-0.2, 0) is 6.42 Å². The van der Waals surface area contributed by atoms with Gasteiger partial charge in [-0.1, -0.05) is 12.1 Å². The average molecular weight is 315 g/mol. The first-order valence-electron chi connectivity index (χ1n) is 7.77. The molecule has 0 aliphatic heterocycles. The third-order valence-electron chi connectivity index (χ3n) is 3.84. The van der Waals surface area contributed by atoms with Gasteiger partial charge in [0.25, 0.3) is 0 Å². The Balaban J connectivity index is 1.92. The number of benzene rings is 2. The Morgan fingerprint density at radius 3 is 2.13 bits per heavy atom. The summed E-state index contributed by atoms with van der Waals surface area (Å²) in [6, 6.07) is 14.4. The van der Waals surface area contributed by atoms with Crippen molar-refractivity contribution < 1.29 is 14.2 Å². The van der Waals surface area contributed by atoms with Gasteiger partial charge < -0.3 is 19.5 Å². The highest BCUT2D eigenvalue weighted by Gasteiger charge is 2.09. The summed E-state index contributed by atoms with van der Waals surface area (Å²) in [5.74, 6) is 2.47. The van der Waals surface area contributed by atoms with E-state index in [9.17, 15) is 0 Å². The molecule has 0 spiro atoms. The lowest BCUT2D eigenvalue weighted by Gasteiger charge is -2.18. The molecule has 0 aliphatic rings. The van der Waals surface area contributed by atoms with E-state index in [1.807, 2.05) is 30.3 Å². The molecule has 0 heterocycles. The van der Waals surface area contributed by atoms with E-state index in [1.54, 1.807) is 21.3 Å². The summed E-state index contributed by atoms with van der Waals surface area (Å²) in [5.41, 5.74) is 2.29. The van der Waals surface area contributed by atoms with E-state index < -0.39 is 0 Å². The largest absolute Gasteiger partial charge is 0.497 e. The highest BCUT2D eigenvalue weighted by Crippen LogP contribution is 2.29. The van der Waals surface area contributed by atoms with Crippen LogP contribution in [0.25, 0.3) is 0 Å². The molecule has 0 bridgehead atoms. The van der Waals surface area contributed by atoms with Gasteiger partial charge in [-0.15, -0.1) is 0 Å². The number of rotatable bonds is 8. The Morgan fingerprint density at radius 1 is 0.870 bits per heavy atom. The van der Waals surface area contributed by atoms with Crippen molar-refractivity contribution in [2.45, 2.75) is 25.8 Å². The molecule has 2 aromatic carbocycles. The van der Waals surface area contributed by atoms with Crippen LogP contribution in [0.2, 0.25) is 0 Å². The molecule has 0 unspecified atom stereocenters. The fraction of sp³-hybridized carbons (Fsp3) is 0.368. The molecule has 0 saturated carbocycles. The van der Waals surface area contributed by atoms with E-state index in [0.29, 0.717) is 6.04 Å². The third kappa shape index (κ3) is 4.81. The number of hydrogen-bond donors (Lipinski definition) is 1. The van der Waals surface area contributed by atoms with Crippen LogP contribution in [0.1, 0.15) is 18.9 Å². The maximum Gasteiger partial charge on any atom is 0.145 e. The van der Waals surface area contributed by atoms with Crippen LogP contribution < -0.4 is 19.5 Å². The second-order valence-corrected chi connectivity index (χ2v) is 5.50. The van der Waals surface area contributed by atoms with Gasteiger partial charge in [0.1, 0.15) is 17.2 Å². The quantitative estimate of drug-likeness (QED) is 0.794. The number of nitrogens with one attached hydrogen (secondary N) is 1. The second kappa shape index (κ2) is 8.32. The third-order valence-corrected chi connectivity index (χ3v) is 3.84. The molecule has 0 aliphatic carbocycles. The van der Waals surface area contributed by atoms with Crippen molar-refractivity contribution in [2.24, 2.45) is 0 Å². The SMILES string of the molecule is COc1ccc(CC[C@@H](C)Nc2ccc(OC)cc2OC)cc1. The van der Waals surface area contributed by atoms with E-state index in [-0.39, 0.29) is 0 Å². The Labute approximate surface area is 138 Å². The van der Waals surface area contributed by atoms with Crippen LogP contribution in [0, 0.1) is 0 Å². The smallest absolute Gasteiger partial charge is 0.145 e. The molecule has 1 atom stereocenters. The van der Waals surface area contributed by atoms with E-state index in [2.05, 4.69) is 24.4 Å². The fourth-order valence-corrected chi connectivity index (χ4v) is 2.43. The molecule has 0 fully saturated rings.